The van der Waals surface area contributed by atoms with Gasteiger partial charge in [-0.15, -0.1) is 0 Å². The highest BCUT2D eigenvalue weighted by Crippen LogP contribution is 2.16. The van der Waals surface area contributed by atoms with Crippen LogP contribution in [0.25, 0.3) is 0 Å². The fourth-order valence-electron chi connectivity index (χ4n) is 1.05. The van der Waals surface area contributed by atoms with Crippen molar-refractivity contribution in [1.82, 2.24) is 0 Å². The van der Waals surface area contributed by atoms with E-state index in [1.165, 1.54) is 48.1 Å². The van der Waals surface area contributed by atoms with E-state index < -0.39 is 0 Å². The summed E-state index contributed by atoms with van der Waals surface area (Å²) in [6.07, 6.45) is 4.76. The summed E-state index contributed by atoms with van der Waals surface area (Å²) in [6, 6.07) is 0. The molecule has 0 aromatic rings. The minimum Gasteiger partial charge on any atom is -0.233 e. The zero-order chi connectivity index (χ0) is 12.0. The van der Waals surface area contributed by atoms with Crippen molar-refractivity contribution in [2.75, 3.05) is 0 Å². The first kappa shape index (κ1) is 11.4. The number of carbonyl (C=O) groups excluding carboxylic acids is 4. The molecule has 4 nitrogen and oxygen atoms in total. The summed E-state index contributed by atoms with van der Waals surface area (Å²) in [5.41, 5.74) is -0.208. The van der Waals surface area contributed by atoms with Crippen molar-refractivity contribution in [3.05, 3.63) is 46.6 Å². The van der Waals surface area contributed by atoms with Gasteiger partial charge in [-0.3, -0.25) is 0 Å². The molecule has 0 amide bonds. The second-order valence-electron chi connectivity index (χ2n) is 2.73. The van der Waals surface area contributed by atoms with E-state index in [0.717, 1.165) is 0 Å². The van der Waals surface area contributed by atoms with E-state index in [1.807, 2.05) is 0 Å². The highest BCUT2D eigenvalue weighted by Gasteiger charge is 2.08. The van der Waals surface area contributed by atoms with Crippen LogP contribution in [0.2, 0.25) is 0 Å². The minimum atomic E-state index is -0.0519. The smallest absolute Gasteiger partial charge is 0.133 e. The summed E-state index contributed by atoms with van der Waals surface area (Å²) in [5.74, 6) is 6.11. The van der Waals surface area contributed by atoms with E-state index in [4.69, 9.17) is 0 Å². The maximum Gasteiger partial charge on any atom is 0.133 e. The third kappa shape index (κ3) is 2.20. The molecule has 0 unspecified atom stereocenters. The molecule has 0 atom stereocenters. The van der Waals surface area contributed by atoms with Crippen molar-refractivity contribution in [1.29, 1.82) is 0 Å². The van der Waals surface area contributed by atoms with E-state index in [-0.39, 0.29) is 22.3 Å². The van der Waals surface area contributed by atoms with Gasteiger partial charge in [0.2, 0.25) is 0 Å². The van der Waals surface area contributed by atoms with Crippen LogP contribution in [-0.4, -0.2) is 23.8 Å². The molecule has 4 heteroatoms. The van der Waals surface area contributed by atoms with Gasteiger partial charge in [-0.25, -0.2) is 19.2 Å². The van der Waals surface area contributed by atoms with Gasteiger partial charge in [0.15, 0.2) is 0 Å². The lowest BCUT2D eigenvalue weighted by Crippen LogP contribution is -1.93. The summed E-state index contributed by atoms with van der Waals surface area (Å²) in [5, 5.41) is 0. The number of rotatable bonds is 0. The fourth-order valence-corrected chi connectivity index (χ4v) is 1.05. The lowest BCUT2D eigenvalue weighted by molar-refractivity contribution is 0.564. The molecule has 0 spiro atoms. The Bertz CT molecular complexity index is 473. The van der Waals surface area contributed by atoms with Crippen LogP contribution in [0, 0.1) is 0 Å². The van der Waals surface area contributed by atoms with Crippen LogP contribution >= 0.6 is 0 Å². The second-order valence-corrected chi connectivity index (χ2v) is 2.73. The predicted molar refractivity (Wildman–Crippen MR) is 55.1 cm³/mol. The van der Waals surface area contributed by atoms with Crippen LogP contribution < -0.4 is 0 Å². The molecule has 0 radical (unpaired) electrons. The van der Waals surface area contributed by atoms with Gasteiger partial charge >= 0.3 is 0 Å². The van der Waals surface area contributed by atoms with Gasteiger partial charge in [-0.05, 0) is 24.3 Å². The van der Waals surface area contributed by atoms with Crippen LogP contribution in [0.1, 0.15) is 0 Å². The molecule has 0 heterocycles. The number of allylic oxidation sites excluding steroid dienone is 8. The molecule has 0 fully saturated rings. The first-order chi connectivity index (χ1) is 7.76. The molecule has 0 aromatic carbocycles. The highest BCUT2D eigenvalue weighted by molar-refractivity contribution is 5.84. The van der Waals surface area contributed by atoms with Gasteiger partial charge in [0.1, 0.15) is 23.8 Å². The number of hydrogen-bond donors (Lipinski definition) is 0. The van der Waals surface area contributed by atoms with E-state index >= 15 is 0 Å². The Hall–Kier alpha value is -2.72. The second kappa shape index (κ2) is 5.23. The third-order valence-corrected chi connectivity index (χ3v) is 1.85. The Labute approximate surface area is 90.3 Å². The fraction of sp³-hybridized carbons (Fsp3) is 0. The van der Waals surface area contributed by atoms with Crippen molar-refractivity contribution >= 4 is 23.8 Å². The molecular weight excluding hydrogens is 208 g/mol. The molecule has 0 aliphatic heterocycles. The van der Waals surface area contributed by atoms with Gasteiger partial charge < -0.3 is 0 Å². The van der Waals surface area contributed by atoms with Crippen LogP contribution in [-0.2, 0) is 19.2 Å². The maximum atomic E-state index is 10.5. The molecule has 1 rings (SSSR count). The average Bonchev–Trinajstić information content (AvgIpc) is 2.30. The van der Waals surface area contributed by atoms with Crippen molar-refractivity contribution in [3.8, 4) is 0 Å². The normalized spacial score (nSPS) is 14.5. The summed E-state index contributed by atoms with van der Waals surface area (Å²) < 4.78 is 0. The predicted octanol–water partition coefficient (Wildman–Crippen LogP) is 0.144. The van der Waals surface area contributed by atoms with Crippen LogP contribution in [0.3, 0.4) is 0 Å². The highest BCUT2D eigenvalue weighted by atomic mass is 16.1. The molecule has 0 bridgehead atoms. The average molecular weight is 212 g/mol. The van der Waals surface area contributed by atoms with Crippen LogP contribution in [0.15, 0.2) is 46.6 Å². The first-order valence-electron chi connectivity index (χ1n) is 4.14. The SMILES string of the molecule is O=C=C1C=CC(=C=O)C(=C=O)C=CC1=C=O. The van der Waals surface area contributed by atoms with Crippen molar-refractivity contribution in [2.24, 2.45) is 0 Å². The summed E-state index contributed by atoms with van der Waals surface area (Å²) in [6.45, 7) is 0. The van der Waals surface area contributed by atoms with Crippen molar-refractivity contribution in [3.63, 3.8) is 0 Å². The van der Waals surface area contributed by atoms with Gasteiger partial charge in [-0.2, -0.15) is 0 Å². The topological polar surface area (TPSA) is 68.3 Å². The Kier molecular flexibility index (Phi) is 3.71. The molecule has 0 N–H and O–H groups in total. The lowest BCUT2D eigenvalue weighted by Gasteiger charge is -1.99. The zero-order valence-corrected chi connectivity index (χ0v) is 7.94. The Morgan fingerprint density at radius 1 is 0.500 bits per heavy atom. The monoisotopic (exact) mass is 212 g/mol. The summed E-state index contributed by atoms with van der Waals surface area (Å²) in [4.78, 5) is 42.0. The summed E-state index contributed by atoms with van der Waals surface area (Å²) >= 11 is 0. The molecule has 76 valence electrons. The molecule has 0 saturated carbocycles. The quantitative estimate of drug-likeness (QED) is 0.536. The van der Waals surface area contributed by atoms with Gasteiger partial charge in [0.05, 0.1) is 22.3 Å². The molecule has 0 aromatic heterocycles. The molecule has 0 saturated heterocycles. The van der Waals surface area contributed by atoms with E-state index in [1.54, 1.807) is 0 Å². The molecule has 1 aliphatic rings. The maximum absolute atomic E-state index is 10.5. The minimum absolute atomic E-state index is 0.0519. The Balaban J connectivity index is 3.49. The van der Waals surface area contributed by atoms with E-state index in [0.29, 0.717) is 0 Å². The Morgan fingerprint density at radius 2 is 0.688 bits per heavy atom. The lowest BCUT2D eigenvalue weighted by atomic mass is 9.99. The van der Waals surface area contributed by atoms with E-state index in [9.17, 15) is 19.2 Å². The molecule has 16 heavy (non-hydrogen) atoms. The first-order valence-corrected chi connectivity index (χ1v) is 4.14. The molecular formula is C12H4O4. The standard InChI is InChI=1S/C12H4O4/c13-5-9-1-2-10(6-14)12(8-16)4-3-11(9)7-15/h1-4H. The molecule has 1 aliphatic carbocycles. The van der Waals surface area contributed by atoms with E-state index in [2.05, 4.69) is 0 Å². The van der Waals surface area contributed by atoms with Crippen molar-refractivity contribution in [2.45, 2.75) is 0 Å². The number of hydrogen-bond acceptors (Lipinski definition) is 4. The summed E-state index contributed by atoms with van der Waals surface area (Å²) in [7, 11) is 0. The van der Waals surface area contributed by atoms with Gasteiger partial charge in [0.25, 0.3) is 0 Å². The third-order valence-electron chi connectivity index (χ3n) is 1.85. The zero-order valence-electron chi connectivity index (χ0n) is 7.94. The largest absolute Gasteiger partial charge is 0.233 e. The van der Waals surface area contributed by atoms with Gasteiger partial charge in [-0.1, -0.05) is 0 Å². The van der Waals surface area contributed by atoms with Gasteiger partial charge in [0, 0.05) is 0 Å². The van der Waals surface area contributed by atoms with Crippen LogP contribution in [0.5, 0.6) is 0 Å². The van der Waals surface area contributed by atoms with Crippen molar-refractivity contribution < 1.29 is 19.2 Å². The van der Waals surface area contributed by atoms with Crippen LogP contribution in [0.4, 0.5) is 0 Å². The Morgan fingerprint density at radius 3 is 0.812 bits per heavy atom.